The third-order valence-corrected chi connectivity index (χ3v) is 17.8. The highest BCUT2D eigenvalue weighted by molar-refractivity contribution is 6.17. The lowest BCUT2D eigenvalue weighted by Gasteiger charge is -2.22. The van der Waals surface area contributed by atoms with Crippen LogP contribution in [0.25, 0.3) is 66.8 Å². The number of hydrogen-bond acceptors (Lipinski definition) is 14. The van der Waals surface area contributed by atoms with E-state index in [1.165, 1.54) is 44.2 Å². The number of ether oxygens (including phenoxy) is 6. The smallest absolute Gasteiger partial charge is 0.417 e. The van der Waals surface area contributed by atoms with Crippen molar-refractivity contribution in [3.63, 3.8) is 0 Å². The third-order valence-electron chi connectivity index (χ3n) is 17.7. The minimum Gasteiger partial charge on any atom is -0.473 e. The number of aromatic nitrogens is 3. The van der Waals surface area contributed by atoms with E-state index in [0.717, 1.165) is 100 Å². The van der Waals surface area contributed by atoms with Gasteiger partial charge in [-0.25, -0.2) is 42.5 Å². The Bertz CT molecular complexity index is 5000. The Morgan fingerprint density at radius 1 is 0.426 bits per heavy atom. The molecule has 0 atom stereocenters. The van der Waals surface area contributed by atoms with Crippen molar-refractivity contribution in [3.05, 3.63) is 267 Å². The molecule has 0 saturated carbocycles. The number of nitrogens with one attached hydrogen (secondary N) is 1. The standard InChI is InChI=1S/C33H37FN2O6.C31H34ClFN2O3.C29H33FN2O.CH3F/c1-21(2)11-13-36(33(39)42-20-41-32(38)19-37)26-8-9-27(30(34)17-26)29-16-23(5)28(15-24(29)6)25-7-10-31(35-18-25)40-14-12-22(3)4;1-20(2)11-13-35(31(36)38-19-32)25-8-9-26(29(33)17-25)28-16-22(5)27(15-23(28)6)24-7-10-30(34-18-24)37-14-12-21(3)4;1-19(2)11-13-31-24-8-9-25(28(30)17-24)27-16-21(5)26(15-22(27)6)23-7-10-29(32-18-23)33-14-12-20(3)4;1-2/h7-12,15-18,37H,13-14,19-20H2,1-6H3;7-12,15-18H,13-14,19H2,1-6H3;7-12,15-18,31H,13-14H2,1-6H3;1H3/i;;;1D. The van der Waals surface area contributed by atoms with Crippen molar-refractivity contribution < 1.29 is 66.8 Å². The quantitative estimate of drug-likeness (QED) is 0.0155. The number of aliphatic hydroxyl groups is 1. The number of anilines is 3. The van der Waals surface area contributed by atoms with Gasteiger partial charge in [0.25, 0.3) is 0 Å². The second kappa shape index (κ2) is 45.9. The number of amides is 2. The molecule has 0 aliphatic rings. The molecule has 9 aromatic rings. The molecule has 3 heterocycles. The molecule has 21 heteroatoms. The van der Waals surface area contributed by atoms with E-state index in [1.54, 1.807) is 48.8 Å². The topological polar surface area (TPSA) is 184 Å². The number of halogens is 5. The first-order valence-corrected chi connectivity index (χ1v) is 37.9. The van der Waals surface area contributed by atoms with E-state index in [2.05, 4.69) is 43.2 Å². The van der Waals surface area contributed by atoms with Crippen LogP contribution in [0.5, 0.6) is 17.6 Å². The van der Waals surface area contributed by atoms with E-state index in [4.69, 9.17) is 41.8 Å². The summed E-state index contributed by atoms with van der Waals surface area (Å²) in [6.45, 7) is 36.7. The van der Waals surface area contributed by atoms with E-state index in [0.29, 0.717) is 66.4 Å². The van der Waals surface area contributed by atoms with Crippen LogP contribution < -0.4 is 29.3 Å². The normalized spacial score (nSPS) is 10.5. The summed E-state index contributed by atoms with van der Waals surface area (Å²) in [7, 11) is -1.00. The number of alkyl halides is 2. The molecule has 16 nitrogen and oxygen atoms in total. The predicted octanol–water partition coefficient (Wildman–Crippen LogP) is 24.0. The van der Waals surface area contributed by atoms with E-state index in [-0.39, 0.29) is 30.7 Å². The van der Waals surface area contributed by atoms with Crippen LogP contribution in [0.3, 0.4) is 0 Å². The summed E-state index contributed by atoms with van der Waals surface area (Å²) in [5.74, 6) is -0.397. The average Bonchev–Trinajstić information content (AvgIpc) is 0.796. The van der Waals surface area contributed by atoms with Crippen molar-refractivity contribution >= 4 is 46.8 Å². The fourth-order valence-corrected chi connectivity index (χ4v) is 11.6. The van der Waals surface area contributed by atoms with Crippen molar-refractivity contribution in [2.45, 2.75) is 125 Å². The molecule has 0 unspecified atom stereocenters. The summed E-state index contributed by atoms with van der Waals surface area (Å²) in [5, 5.41) is 12.0. The molecule has 608 valence electrons. The summed E-state index contributed by atoms with van der Waals surface area (Å²) < 4.78 is 93.0. The largest absolute Gasteiger partial charge is 0.473 e. The van der Waals surface area contributed by atoms with Crippen LogP contribution in [0, 0.1) is 59.0 Å². The minimum atomic E-state index is -1.00. The van der Waals surface area contributed by atoms with E-state index >= 15 is 8.78 Å². The molecule has 0 saturated heterocycles. The van der Waals surface area contributed by atoms with Gasteiger partial charge in [0, 0.05) is 95.5 Å². The Kier molecular flexibility index (Phi) is 36.2. The van der Waals surface area contributed by atoms with Crippen LogP contribution in [0.15, 0.2) is 216 Å². The molecular weight excluding hydrogens is 1480 g/mol. The summed E-state index contributed by atoms with van der Waals surface area (Å²) in [4.78, 5) is 52.2. The first-order chi connectivity index (χ1) is 55.2. The van der Waals surface area contributed by atoms with Gasteiger partial charge in [-0.05, 0) is 282 Å². The molecule has 9 rings (SSSR count). The van der Waals surface area contributed by atoms with Crippen LogP contribution in [0.4, 0.5) is 44.2 Å². The zero-order valence-corrected chi connectivity index (χ0v) is 69.9. The molecule has 0 fully saturated rings. The minimum absolute atomic E-state index is 0.119. The van der Waals surface area contributed by atoms with Crippen molar-refractivity contribution in [1.29, 1.82) is 0 Å². The van der Waals surface area contributed by atoms with Crippen LogP contribution in [-0.2, 0) is 19.0 Å². The van der Waals surface area contributed by atoms with E-state index in [9.17, 15) is 23.2 Å². The number of carbonyl (C=O) groups excluding carboxylic acids is 3. The van der Waals surface area contributed by atoms with Crippen molar-refractivity contribution in [1.82, 2.24) is 15.0 Å². The van der Waals surface area contributed by atoms with Gasteiger partial charge in [0.15, 0.2) is 6.07 Å². The Morgan fingerprint density at radius 2 is 0.748 bits per heavy atom. The lowest BCUT2D eigenvalue weighted by molar-refractivity contribution is -0.154. The Morgan fingerprint density at radius 3 is 1.05 bits per heavy atom. The second-order valence-electron chi connectivity index (χ2n) is 28.6. The summed E-state index contributed by atoms with van der Waals surface area (Å²) in [6, 6.07) is 38.0. The van der Waals surface area contributed by atoms with Crippen molar-refractivity contribution in [3.8, 4) is 84.4 Å². The number of hydrogen-bond donors (Lipinski definition) is 2. The van der Waals surface area contributed by atoms with E-state index < -0.39 is 50.3 Å². The zero-order chi connectivity index (χ0) is 85.3. The number of aliphatic hydroxyl groups excluding tert-OH is 1. The molecule has 0 aliphatic carbocycles. The molecule has 0 radical (unpaired) electrons. The molecule has 115 heavy (non-hydrogen) atoms. The number of aryl methyl sites for hydroxylation is 6. The monoisotopic (exact) mass is 1590 g/mol. The number of esters is 1. The number of benzene rings is 6. The molecule has 3 aromatic heterocycles. The van der Waals surface area contributed by atoms with Gasteiger partial charge in [0.1, 0.15) is 43.9 Å². The fourth-order valence-electron chi connectivity index (χ4n) is 11.5. The maximum absolute atomic E-state index is 15.6. The highest BCUT2D eigenvalue weighted by atomic mass is 35.5. The number of nitrogens with zero attached hydrogens (tertiary/aromatic N) is 5. The van der Waals surface area contributed by atoms with Crippen molar-refractivity contribution in [2.24, 2.45) is 0 Å². The molecule has 0 aliphatic heterocycles. The van der Waals surface area contributed by atoms with Gasteiger partial charge in [0.05, 0.1) is 19.9 Å². The van der Waals surface area contributed by atoms with Gasteiger partial charge in [-0.2, -0.15) is 0 Å². The number of rotatable bonds is 28. The van der Waals surface area contributed by atoms with Gasteiger partial charge in [-0.3, -0.25) is 14.2 Å². The lowest BCUT2D eigenvalue weighted by Crippen LogP contribution is -2.33. The van der Waals surface area contributed by atoms with E-state index in [1.807, 2.05) is 228 Å². The first-order valence-electron chi connectivity index (χ1n) is 38.1. The third kappa shape index (κ3) is 28.5. The zero-order valence-electron chi connectivity index (χ0n) is 70.1. The molecule has 0 spiro atoms. The molecule has 2 N–H and O–H groups in total. The van der Waals surface area contributed by atoms with Gasteiger partial charge >= 0.3 is 18.2 Å². The predicted molar refractivity (Wildman–Crippen MR) is 459 cm³/mol. The van der Waals surface area contributed by atoms with Crippen LogP contribution in [0.1, 0.15) is 118 Å². The summed E-state index contributed by atoms with van der Waals surface area (Å²) in [6.07, 6.45) is 15.6. The van der Waals surface area contributed by atoms with Crippen LogP contribution in [-0.4, -0.2) is 104 Å². The Balaban J connectivity index is 0.000000267. The van der Waals surface area contributed by atoms with Crippen molar-refractivity contribution in [2.75, 3.05) is 81.2 Å². The first kappa shape index (κ1) is 90.6. The average molecular weight is 1590 g/mol. The number of carbonyl (C=O) groups is 3. The SMILES string of the molecule is CC(C)=CCNc1ccc(-c2cc(C)c(-c3ccc(OCC=C(C)C)nc3)cc2C)c(F)c1.CC(C)=CCOc1ccc(-c2cc(C)c(-c3ccc(N(CC=C(C)C)C(=O)OCCl)cc3F)cc2C)cn1.CC(C)=CCOc1ccc(-c2cc(C)c(-c3ccc(N(CC=C(C)C)C(=O)OCOC(=O)CO)cc3F)cc2C)cn1.[2H]CF. The summed E-state index contributed by atoms with van der Waals surface area (Å²) in [5.41, 5.74) is 23.9. The van der Waals surface area contributed by atoms with Crippen LogP contribution >= 0.6 is 11.6 Å². The summed E-state index contributed by atoms with van der Waals surface area (Å²) >= 11 is 5.58. The van der Waals surface area contributed by atoms with Gasteiger partial charge < -0.3 is 38.8 Å². The molecule has 2 amide bonds. The molecular formula is C94H107ClF4N6O10. The highest BCUT2D eigenvalue weighted by Gasteiger charge is 2.23. The van der Waals surface area contributed by atoms with Gasteiger partial charge in [-0.1, -0.05) is 99.7 Å². The fraction of sp³-hybridized carbons (Fsp3) is 0.298. The molecule has 6 aromatic carbocycles. The second-order valence-corrected chi connectivity index (χ2v) is 28.8. The Hall–Kier alpha value is -11.6. The van der Waals surface area contributed by atoms with Crippen LogP contribution in [0.2, 0.25) is 0 Å². The highest BCUT2D eigenvalue weighted by Crippen LogP contribution is 2.39. The molecule has 0 bridgehead atoms. The van der Waals surface area contributed by atoms with Gasteiger partial charge in [-0.15, -0.1) is 0 Å². The number of pyridine rings is 3. The number of allylic oxidation sites excluding steroid dienone is 6. The van der Waals surface area contributed by atoms with Gasteiger partial charge in [0.2, 0.25) is 24.4 Å². The Labute approximate surface area is 682 Å². The lowest BCUT2D eigenvalue weighted by atomic mass is 9.92. The maximum Gasteiger partial charge on any atom is 0.417 e. The maximum atomic E-state index is 15.6.